The lowest BCUT2D eigenvalue weighted by Gasteiger charge is -2.34. The molecule has 0 saturated carbocycles. The van der Waals surface area contributed by atoms with Crippen LogP contribution in [0, 0.1) is 6.92 Å². The lowest BCUT2D eigenvalue weighted by molar-refractivity contribution is 0.313. The van der Waals surface area contributed by atoms with Gasteiger partial charge in [-0.25, -0.2) is 4.98 Å². The highest BCUT2D eigenvalue weighted by Crippen LogP contribution is 2.33. The first-order valence-electron chi connectivity index (χ1n) is 10.8. The summed E-state index contributed by atoms with van der Waals surface area (Å²) in [5, 5.41) is 4.76. The van der Waals surface area contributed by atoms with Crippen LogP contribution >= 0.6 is 11.6 Å². The van der Waals surface area contributed by atoms with Gasteiger partial charge in [-0.1, -0.05) is 16.8 Å². The van der Waals surface area contributed by atoms with Gasteiger partial charge in [0.05, 0.1) is 35.4 Å². The van der Waals surface area contributed by atoms with E-state index in [0.29, 0.717) is 28.1 Å². The maximum absolute atomic E-state index is 6.61. The molecule has 4 aromatic rings. The molecule has 0 aliphatic carbocycles. The summed E-state index contributed by atoms with van der Waals surface area (Å²) >= 11 is 6.61. The average molecular weight is 465 g/mol. The number of anilines is 1. The average Bonchev–Trinajstić information content (AvgIpc) is 3.48. The van der Waals surface area contributed by atoms with Crippen molar-refractivity contribution in [2.24, 2.45) is 0 Å². The maximum Gasteiger partial charge on any atom is 0.259 e. The van der Waals surface area contributed by atoms with Gasteiger partial charge in [0.25, 0.3) is 5.89 Å². The number of piperazine rings is 1. The molecular weight excluding hydrogens is 440 g/mol. The molecule has 0 N–H and O–H groups in total. The van der Waals surface area contributed by atoms with E-state index in [0.717, 1.165) is 48.8 Å². The molecule has 9 heteroatoms. The number of imidazole rings is 1. The van der Waals surface area contributed by atoms with Gasteiger partial charge in [0.1, 0.15) is 5.75 Å². The normalized spacial score (nSPS) is 14.6. The SMILES string of the molecule is COc1cc(-c2noc(-c3ccc(N4CCN(C)CC4)cc3Cl)n2)ccc1-n1cnc(C)c1. The highest BCUT2D eigenvalue weighted by atomic mass is 35.5. The minimum atomic E-state index is 0.383. The Morgan fingerprint density at radius 1 is 1.06 bits per heavy atom. The predicted octanol–water partition coefficient (Wildman–Crippen LogP) is 4.31. The highest BCUT2D eigenvalue weighted by Gasteiger charge is 2.19. The van der Waals surface area contributed by atoms with E-state index < -0.39 is 0 Å². The number of methoxy groups -OCH3 is 1. The van der Waals surface area contributed by atoms with Gasteiger partial charge in [-0.2, -0.15) is 4.98 Å². The van der Waals surface area contributed by atoms with E-state index in [1.54, 1.807) is 13.4 Å². The quantitative estimate of drug-likeness (QED) is 0.435. The van der Waals surface area contributed by atoms with Crippen molar-refractivity contribution in [1.29, 1.82) is 0 Å². The topological polar surface area (TPSA) is 72.5 Å². The first-order chi connectivity index (χ1) is 16.0. The van der Waals surface area contributed by atoms with Crippen LogP contribution in [0.1, 0.15) is 5.69 Å². The number of halogens is 1. The van der Waals surface area contributed by atoms with Crippen LogP contribution in [-0.2, 0) is 0 Å². The number of aryl methyl sites for hydroxylation is 1. The molecular formula is C24H25ClN6O2. The number of benzene rings is 2. The van der Waals surface area contributed by atoms with Crippen molar-refractivity contribution in [3.05, 3.63) is 59.6 Å². The minimum absolute atomic E-state index is 0.383. The van der Waals surface area contributed by atoms with E-state index in [1.165, 1.54) is 0 Å². The van der Waals surface area contributed by atoms with Gasteiger partial charge in [0.2, 0.25) is 5.82 Å². The Kier molecular flexibility index (Phi) is 5.78. The van der Waals surface area contributed by atoms with Crippen molar-refractivity contribution in [2.75, 3.05) is 45.2 Å². The van der Waals surface area contributed by atoms with Gasteiger partial charge in [0, 0.05) is 43.6 Å². The molecule has 170 valence electrons. The van der Waals surface area contributed by atoms with Crippen molar-refractivity contribution >= 4 is 17.3 Å². The monoisotopic (exact) mass is 464 g/mol. The molecule has 3 heterocycles. The predicted molar refractivity (Wildman–Crippen MR) is 128 cm³/mol. The zero-order valence-electron chi connectivity index (χ0n) is 18.8. The molecule has 0 amide bonds. The molecule has 1 fully saturated rings. The number of rotatable bonds is 5. The summed E-state index contributed by atoms with van der Waals surface area (Å²) in [4.78, 5) is 13.5. The van der Waals surface area contributed by atoms with Crippen molar-refractivity contribution in [3.8, 4) is 34.3 Å². The Balaban J connectivity index is 1.40. The summed E-state index contributed by atoms with van der Waals surface area (Å²) in [6.07, 6.45) is 3.70. The summed E-state index contributed by atoms with van der Waals surface area (Å²) in [7, 11) is 3.78. The molecule has 1 saturated heterocycles. The number of likely N-dealkylation sites (N-methyl/N-ethyl adjacent to an activating group) is 1. The molecule has 0 unspecified atom stereocenters. The molecule has 8 nitrogen and oxygen atoms in total. The largest absolute Gasteiger partial charge is 0.495 e. The van der Waals surface area contributed by atoms with Crippen LogP contribution in [0.5, 0.6) is 5.75 Å². The standard InChI is InChI=1S/C24H25ClN6O2/c1-16-14-31(15-26-16)21-7-4-17(12-22(21)32-3)23-27-24(33-28-23)19-6-5-18(13-20(19)25)30-10-8-29(2)9-11-30/h4-7,12-15H,8-11H2,1-3H3. The van der Waals surface area contributed by atoms with Crippen LogP contribution in [-0.4, -0.2) is 64.9 Å². The lowest BCUT2D eigenvalue weighted by atomic mass is 10.1. The third-order valence-corrected chi connectivity index (χ3v) is 6.22. The van der Waals surface area contributed by atoms with Gasteiger partial charge in [0.15, 0.2) is 0 Å². The Hall–Kier alpha value is -3.36. The van der Waals surface area contributed by atoms with Gasteiger partial charge in [-0.05, 0) is 50.4 Å². The molecule has 1 aliphatic rings. The zero-order chi connectivity index (χ0) is 22.9. The number of hydrogen-bond donors (Lipinski definition) is 0. The summed E-state index contributed by atoms with van der Waals surface area (Å²) < 4.78 is 13.1. The lowest BCUT2D eigenvalue weighted by Crippen LogP contribution is -2.44. The molecule has 2 aromatic carbocycles. The Morgan fingerprint density at radius 3 is 2.58 bits per heavy atom. The number of ether oxygens (including phenoxy) is 1. The van der Waals surface area contributed by atoms with E-state index in [4.69, 9.17) is 20.9 Å². The van der Waals surface area contributed by atoms with E-state index in [2.05, 4.69) is 38.0 Å². The first kappa shape index (κ1) is 21.5. The van der Waals surface area contributed by atoms with E-state index in [9.17, 15) is 0 Å². The summed E-state index contributed by atoms with van der Waals surface area (Å²) in [6, 6.07) is 11.7. The number of aromatic nitrogens is 4. The molecule has 0 bridgehead atoms. The van der Waals surface area contributed by atoms with Gasteiger partial charge >= 0.3 is 0 Å². The van der Waals surface area contributed by atoms with Crippen molar-refractivity contribution in [3.63, 3.8) is 0 Å². The fourth-order valence-electron chi connectivity index (χ4n) is 3.97. The van der Waals surface area contributed by atoms with Crippen LogP contribution in [0.4, 0.5) is 5.69 Å². The van der Waals surface area contributed by atoms with Crippen LogP contribution in [0.15, 0.2) is 53.4 Å². The molecule has 0 atom stereocenters. The van der Waals surface area contributed by atoms with Gasteiger partial charge in [-0.3, -0.25) is 0 Å². The first-order valence-corrected chi connectivity index (χ1v) is 11.2. The Morgan fingerprint density at radius 2 is 1.88 bits per heavy atom. The molecule has 0 spiro atoms. The third kappa shape index (κ3) is 4.31. The van der Waals surface area contributed by atoms with Gasteiger partial charge in [-0.15, -0.1) is 0 Å². The van der Waals surface area contributed by atoms with Crippen LogP contribution in [0.3, 0.4) is 0 Å². The van der Waals surface area contributed by atoms with Crippen LogP contribution in [0.25, 0.3) is 28.5 Å². The second-order valence-electron chi connectivity index (χ2n) is 8.19. The van der Waals surface area contributed by atoms with Crippen molar-refractivity contribution in [2.45, 2.75) is 6.92 Å². The third-order valence-electron chi connectivity index (χ3n) is 5.91. The van der Waals surface area contributed by atoms with Crippen LogP contribution < -0.4 is 9.64 Å². The fourth-order valence-corrected chi connectivity index (χ4v) is 4.23. The fraction of sp³-hybridized carbons (Fsp3) is 0.292. The van der Waals surface area contributed by atoms with E-state index in [1.807, 2.05) is 48.0 Å². The summed E-state index contributed by atoms with van der Waals surface area (Å²) in [6.45, 7) is 5.98. The number of hydrogen-bond acceptors (Lipinski definition) is 7. The smallest absolute Gasteiger partial charge is 0.259 e. The minimum Gasteiger partial charge on any atom is -0.495 e. The van der Waals surface area contributed by atoms with Crippen molar-refractivity contribution in [1.82, 2.24) is 24.6 Å². The molecule has 33 heavy (non-hydrogen) atoms. The molecule has 5 rings (SSSR count). The zero-order valence-corrected chi connectivity index (χ0v) is 19.6. The second-order valence-corrected chi connectivity index (χ2v) is 8.59. The molecule has 1 aliphatic heterocycles. The van der Waals surface area contributed by atoms with Crippen LogP contribution in [0.2, 0.25) is 5.02 Å². The Bertz CT molecular complexity index is 1280. The summed E-state index contributed by atoms with van der Waals surface area (Å²) in [5.41, 5.74) is 4.41. The Labute approximate surface area is 197 Å². The van der Waals surface area contributed by atoms with Gasteiger partial charge < -0.3 is 23.6 Å². The second kappa shape index (κ2) is 8.88. The molecule has 2 aromatic heterocycles. The number of nitrogens with zero attached hydrogens (tertiary/aromatic N) is 6. The molecule has 0 radical (unpaired) electrons. The maximum atomic E-state index is 6.61. The van der Waals surface area contributed by atoms with E-state index in [-0.39, 0.29) is 0 Å². The van der Waals surface area contributed by atoms with Crippen molar-refractivity contribution < 1.29 is 9.26 Å². The highest BCUT2D eigenvalue weighted by molar-refractivity contribution is 6.33. The van der Waals surface area contributed by atoms with E-state index >= 15 is 0 Å². The summed E-state index contributed by atoms with van der Waals surface area (Å²) in [5.74, 6) is 1.54.